The molecular weight excluding hydrogens is 564 g/mol. The number of fused-ring (bicyclic) bond motifs is 1. The maximum atomic E-state index is 16.3. The summed E-state index contributed by atoms with van der Waals surface area (Å²) in [5.41, 5.74) is 7.71. The molecule has 1 aliphatic rings. The Hall–Kier alpha value is -3.12. The van der Waals surface area contributed by atoms with Crippen LogP contribution in [0.15, 0.2) is 36.7 Å². The summed E-state index contributed by atoms with van der Waals surface area (Å²) in [6.07, 6.45) is 0.335. The average molecular weight is 606 g/mol. The fraction of sp³-hybridized carbons (Fsp3) is 0.571. The number of benzene rings is 1. The highest BCUT2D eigenvalue weighted by molar-refractivity contribution is 7.56. The molecule has 5 atom stereocenters. The van der Waals surface area contributed by atoms with Crippen LogP contribution in [0.1, 0.15) is 59.8 Å². The molecule has 1 fully saturated rings. The molecule has 1 unspecified atom stereocenters. The number of aromatic nitrogens is 4. The molecule has 0 bridgehead atoms. The van der Waals surface area contributed by atoms with Crippen LogP contribution in [0.2, 0.25) is 0 Å². The van der Waals surface area contributed by atoms with E-state index in [0.717, 1.165) is 0 Å². The van der Waals surface area contributed by atoms with Gasteiger partial charge in [0.2, 0.25) is 11.8 Å². The smallest absolute Gasteiger partial charge is 0.323 e. The molecule has 3 aromatic rings. The number of hydrogen-bond donors (Lipinski definition) is 2. The minimum Gasteiger partial charge on any atom is -0.462 e. The van der Waals surface area contributed by atoms with E-state index in [1.807, 2.05) is 31.7 Å². The van der Waals surface area contributed by atoms with Gasteiger partial charge in [0.05, 0.1) is 18.6 Å². The standard InChI is InChI=1S/C28H41FN7O5P/c1-7-35(8-2)23-22-24(33-27(30)32-23)36(17-31-22)25-19(5)14-28(29,41-25)16-39-42(38,15-21-12-10-9-11-13-21)34-20(6)26(37)40-18(3)4/h9-13,17-20,25H,7-8,14-16H2,1-6H3,(H,34,38)(H2,30,32,33)/t19-,20-,25+,28-,42?/m0/s1. The number of imidazole rings is 1. The Balaban J connectivity index is 1.55. The van der Waals surface area contributed by atoms with Crippen LogP contribution in [0.4, 0.5) is 16.2 Å². The van der Waals surface area contributed by atoms with Crippen molar-refractivity contribution < 1.29 is 27.7 Å². The Kier molecular flexibility index (Phi) is 9.87. The third-order valence-corrected chi connectivity index (χ3v) is 9.13. The molecule has 230 valence electrons. The molecule has 3 heterocycles. The van der Waals surface area contributed by atoms with Gasteiger partial charge in [0.1, 0.15) is 18.9 Å². The first kappa shape index (κ1) is 31.8. The van der Waals surface area contributed by atoms with Crippen LogP contribution < -0.4 is 15.7 Å². The van der Waals surface area contributed by atoms with Gasteiger partial charge in [0.15, 0.2) is 17.0 Å². The van der Waals surface area contributed by atoms with Crippen LogP contribution in [0.5, 0.6) is 0 Å². The van der Waals surface area contributed by atoms with Gasteiger partial charge in [-0.25, -0.2) is 14.5 Å². The Morgan fingerprint density at radius 1 is 1.26 bits per heavy atom. The molecule has 4 rings (SSSR count). The maximum absolute atomic E-state index is 16.3. The van der Waals surface area contributed by atoms with Gasteiger partial charge in [0.25, 0.3) is 7.52 Å². The van der Waals surface area contributed by atoms with E-state index in [1.165, 1.54) is 6.92 Å². The van der Waals surface area contributed by atoms with E-state index >= 15 is 4.39 Å². The fourth-order valence-electron chi connectivity index (χ4n) is 5.07. The highest BCUT2D eigenvalue weighted by atomic mass is 31.2. The van der Waals surface area contributed by atoms with Crippen LogP contribution in [0, 0.1) is 5.92 Å². The SMILES string of the molecule is CCN(CC)c1nc(N)nc2c1ncn2[C@@H]1O[C@](F)(COP(=O)(Cc2ccccc2)N[C@@H](C)C(=O)OC(C)C)C[C@@H]1C. The minimum atomic E-state index is -3.79. The summed E-state index contributed by atoms with van der Waals surface area (Å²) >= 11 is 0. The van der Waals surface area contributed by atoms with Gasteiger partial charge in [-0.2, -0.15) is 9.97 Å². The van der Waals surface area contributed by atoms with Crippen LogP contribution in [-0.4, -0.2) is 63.2 Å². The largest absolute Gasteiger partial charge is 0.462 e. The number of nitrogens with two attached hydrogens (primary N) is 1. The quantitative estimate of drug-likeness (QED) is 0.204. The van der Waals surface area contributed by atoms with Crippen LogP contribution in [-0.2, 0) is 29.5 Å². The lowest BCUT2D eigenvalue weighted by Gasteiger charge is -2.27. The molecular formula is C28H41FN7O5P. The predicted molar refractivity (Wildman–Crippen MR) is 159 cm³/mol. The summed E-state index contributed by atoms with van der Waals surface area (Å²) in [5, 5.41) is 2.78. The molecule has 0 aliphatic carbocycles. The molecule has 14 heteroatoms. The molecule has 3 N–H and O–H groups in total. The lowest BCUT2D eigenvalue weighted by atomic mass is 10.1. The van der Waals surface area contributed by atoms with Crippen LogP contribution in [0.3, 0.4) is 0 Å². The third kappa shape index (κ3) is 7.26. The van der Waals surface area contributed by atoms with Gasteiger partial charge in [-0.3, -0.25) is 13.9 Å². The molecule has 0 radical (unpaired) electrons. The van der Waals surface area contributed by atoms with Gasteiger partial charge in [-0.05, 0) is 40.2 Å². The molecule has 1 aliphatic heterocycles. The van der Waals surface area contributed by atoms with Crippen molar-refractivity contribution in [2.45, 2.75) is 78.4 Å². The molecule has 0 amide bonds. The molecule has 12 nitrogen and oxygen atoms in total. The van der Waals surface area contributed by atoms with Crippen molar-refractivity contribution in [2.75, 3.05) is 30.3 Å². The zero-order chi connectivity index (χ0) is 30.7. The van der Waals surface area contributed by atoms with E-state index in [4.69, 9.17) is 19.7 Å². The summed E-state index contributed by atoms with van der Waals surface area (Å²) in [6.45, 7) is 11.6. The number of esters is 1. The van der Waals surface area contributed by atoms with Crippen LogP contribution in [0.25, 0.3) is 11.2 Å². The molecule has 42 heavy (non-hydrogen) atoms. The monoisotopic (exact) mass is 605 g/mol. The number of rotatable bonds is 13. The molecule has 1 aromatic carbocycles. The number of ether oxygens (including phenoxy) is 2. The highest BCUT2D eigenvalue weighted by Crippen LogP contribution is 2.50. The Morgan fingerprint density at radius 2 is 1.95 bits per heavy atom. The summed E-state index contributed by atoms with van der Waals surface area (Å²) in [4.78, 5) is 27.8. The van der Waals surface area contributed by atoms with Crippen molar-refractivity contribution in [3.63, 3.8) is 0 Å². The second kappa shape index (κ2) is 13.0. The van der Waals surface area contributed by atoms with Gasteiger partial charge in [0, 0.05) is 25.4 Å². The first-order valence-electron chi connectivity index (χ1n) is 14.2. The van der Waals surface area contributed by atoms with Crippen molar-refractivity contribution in [3.8, 4) is 0 Å². The molecule has 0 spiro atoms. The summed E-state index contributed by atoms with van der Waals surface area (Å²) in [5.74, 6) is -2.49. The highest BCUT2D eigenvalue weighted by Gasteiger charge is 2.48. The van der Waals surface area contributed by atoms with Gasteiger partial charge < -0.3 is 24.6 Å². The minimum absolute atomic E-state index is 0.0307. The van der Waals surface area contributed by atoms with E-state index in [0.29, 0.717) is 35.6 Å². The zero-order valence-electron chi connectivity index (χ0n) is 25.0. The molecule has 0 saturated carbocycles. The lowest BCUT2D eigenvalue weighted by Crippen LogP contribution is -2.37. The van der Waals surface area contributed by atoms with E-state index in [1.54, 1.807) is 49.0 Å². The second-order valence-electron chi connectivity index (χ2n) is 10.9. The predicted octanol–water partition coefficient (Wildman–Crippen LogP) is 4.82. The van der Waals surface area contributed by atoms with Crippen LogP contribution >= 0.6 is 7.52 Å². The normalized spacial score (nSPS) is 22.8. The van der Waals surface area contributed by atoms with Crippen molar-refractivity contribution >= 4 is 36.4 Å². The number of nitrogens with one attached hydrogen (secondary N) is 1. The van der Waals surface area contributed by atoms with E-state index < -0.39 is 38.2 Å². The average Bonchev–Trinajstić information content (AvgIpc) is 3.48. The first-order valence-corrected chi connectivity index (χ1v) is 16.1. The number of hydrogen-bond acceptors (Lipinski definition) is 10. The zero-order valence-corrected chi connectivity index (χ0v) is 25.9. The summed E-state index contributed by atoms with van der Waals surface area (Å²) in [6, 6.07) is 8.06. The number of anilines is 2. The van der Waals surface area contributed by atoms with Crippen molar-refractivity contribution in [1.29, 1.82) is 0 Å². The van der Waals surface area contributed by atoms with E-state index in [-0.39, 0.29) is 30.6 Å². The van der Waals surface area contributed by atoms with Gasteiger partial charge in [-0.15, -0.1) is 0 Å². The van der Waals surface area contributed by atoms with E-state index in [2.05, 4.69) is 20.0 Å². The Bertz CT molecular complexity index is 1420. The summed E-state index contributed by atoms with van der Waals surface area (Å²) < 4.78 is 48.9. The van der Waals surface area contributed by atoms with Crippen molar-refractivity contribution in [3.05, 3.63) is 42.2 Å². The topological polar surface area (TPSA) is 147 Å². The maximum Gasteiger partial charge on any atom is 0.323 e. The van der Waals surface area contributed by atoms with Crippen molar-refractivity contribution in [1.82, 2.24) is 24.6 Å². The first-order chi connectivity index (χ1) is 19.9. The Labute approximate surface area is 245 Å². The summed E-state index contributed by atoms with van der Waals surface area (Å²) in [7, 11) is -3.79. The van der Waals surface area contributed by atoms with Gasteiger partial charge >= 0.3 is 5.97 Å². The molecule has 2 aromatic heterocycles. The third-order valence-electron chi connectivity index (χ3n) is 7.02. The number of halogens is 1. The second-order valence-corrected chi connectivity index (χ2v) is 13.1. The number of nitrogen functional groups attached to an aromatic ring is 1. The van der Waals surface area contributed by atoms with Crippen molar-refractivity contribution in [2.24, 2.45) is 5.92 Å². The Morgan fingerprint density at radius 3 is 2.60 bits per heavy atom. The fourth-order valence-corrected chi connectivity index (χ4v) is 7.11. The number of nitrogens with zero attached hydrogens (tertiary/aromatic N) is 5. The number of carbonyl (C=O) groups is 1. The van der Waals surface area contributed by atoms with E-state index in [9.17, 15) is 9.36 Å². The molecule has 1 saturated heterocycles. The number of alkyl halides is 1. The van der Waals surface area contributed by atoms with Gasteiger partial charge in [-0.1, -0.05) is 37.3 Å². The lowest BCUT2D eigenvalue weighted by molar-refractivity contribution is -0.172. The number of carbonyl (C=O) groups excluding carboxylic acids is 1.